The molecular formula is C10H14ClNO2. The van der Waals surface area contributed by atoms with E-state index in [4.69, 9.17) is 21.4 Å². The summed E-state index contributed by atoms with van der Waals surface area (Å²) in [4.78, 5) is 1.76. The highest BCUT2D eigenvalue weighted by Gasteiger charge is 2.05. The van der Waals surface area contributed by atoms with Crippen LogP contribution in [-0.2, 0) is 6.54 Å². The Balaban J connectivity index is 2.87. The third-order valence-electron chi connectivity index (χ3n) is 1.92. The Bertz CT molecular complexity index is 304. The van der Waals surface area contributed by atoms with Gasteiger partial charge in [-0.25, -0.2) is 0 Å². The van der Waals surface area contributed by atoms with E-state index in [2.05, 4.69) is 0 Å². The Morgan fingerprint density at radius 2 is 2.21 bits per heavy atom. The van der Waals surface area contributed by atoms with Gasteiger partial charge in [-0.2, -0.15) is 0 Å². The molecule has 3 nitrogen and oxygen atoms in total. The summed E-state index contributed by atoms with van der Waals surface area (Å²) in [7, 11) is 3.44. The van der Waals surface area contributed by atoms with Crippen LogP contribution in [0, 0.1) is 0 Å². The molecule has 0 radical (unpaired) electrons. The van der Waals surface area contributed by atoms with Crippen LogP contribution in [0.2, 0.25) is 5.02 Å². The number of hydrogen-bond donors (Lipinski definition) is 1. The number of halogens is 1. The van der Waals surface area contributed by atoms with Crippen molar-refractivity contribution in [1.29, 1.82) is 0 Å². The molecule has 0 atom stereocenters. The van der Waals surface area contributed by atoms with Crippen molar-refractivity contribution in [2.75, 3.05) is 20.9 Å². The van der Waals surface area contributed by atoms with E-state index >= 15 is 0 Å². The van der Waals surface area contributed by atoms with Gasteiger partial charge in [0, 0.05) is 17.1 Å². The number of aliphatic hydroxyl groups is 1. The molecule has 14 heavy (non-hydrogen) atoms. The van der Waals surface area contributed by atoms with Crippen molar-refractivity contribution < 1.29 is 9.84 Å². The first-order valence-electron chi connectivity index (χ1n) is 4.29. The van der Waals surface area contributed by atoms with E-state index in [1.54, 1.807) is 18.1 Å². The smallest absolute Gasteiger partial charge is 0.123 e. The van der Waals surface area contributed by atoms with E-state index in [9.17, 15) is 0 Å². The number of hydrogen-bond acceptors (Lipinski definition) is 3. The van der Waals surface area contributed by atoms with Gasteiger partial charge >= 0.3 is 0 Å². The van der Waals surface area contributed by atoms with E-state index in [-0.39, 0.29) is 6.73 Å². The molecule has 0 fully saturated rings. The van der Waals surface area contributed by atoms with Gasteiger partial charge in [-0.05, 0) is 25.2 Å². The fourth-order valence-electron chi connectivity index (χ4n) is 1.21. The second kappa shape index (κ2) is 5.20. The molecule has 1 rings (SSSR count). The van der Waals surface area contributed by atoms with Gasteiger partial charge in [-0.3, -0.25) is 4.90 Å². The maximum atomic E-state index is 8.88. The SMILES string of the molecule is COc1ccc(Cl)cc1CN(C)CO. The van der Waals surface area contributed by atoms with Gasteiger partial charge in [-0.15, -0.1) is 0 Å². The molecule has 0 aliphatic heterocycles. The van der Waals surface area contributed by atoms with Crippen molar-refractivity contribution in [3.63, 3.8) is 0 Å². The van der Waals surface area contributed by atoms with E-state index in [0.29, 0.717) is 11.6 Å². The highest BCUT2D eigenvalue weighted by Crippen LogP contribution is 2.23. The minimum Gasteiger partial charge on any atom is -0.496 e. The van der Waals surface area contributed by atoms with Crippen LogP contribution in [0.1, 0.15) is 5.56 Å². The maximum Gasteiger partial charge on any atom is 0.123 e. The van der Waals surface area contributed by atoms with Gasteiger partial charge in [0.25, 0.3) is 0 Å². The maximum absolute atomic E-state index is 8.88. The van der Waals surface area contributed by atoms with Crippen LogP contribution in [0.4, 0.5) is 0 Å². The number of benzene rings is 1. The van der Waals surface area contributed by atoms with Crippen LogP contribution in [-0.4, -0.2) is 30.9 Å². The van der Waals surface area contributed by atoms with Gasteiger partial charge in [-0.1, -0.05) is 11.6 Å². The van der Waals surface area contributed by atoms with Gasteiger partial charge in [0.05, 0.1) is 13.8 Å². The zero-order valence-corrected chi connectivity index (χ0v) is 9.08. The second-order valence-corrected chi connectivity index (χ2v) is 3.55. The largest absolute Gasteiger partial charge is 0.496 e. The first-order chi connectivity index (χ1) is 6.67. The van der Waals surface area contributed by atoms with Gasteiger partial charge in [0.15, 0.2) is 0 Å². The molecule has 0 aliphatic carbocycles. The Kier molecular flexibility index (Phi) is 4.20. The highest BCUT2D eigenvalue weighted by atomic mass is 35.5. The highest BCUT2D eigenvalue weighted by molar-refractivity contribution is 6.30. The van der Waals surface area contributed by atoms with Crippen LogP contribution < -0.4 is 4.74 Å². The average Bonchev–Trinajstić information content (AvgIpc) is 2.18. The number of rotatable bonds is 4. The molecule has 1 aromatic carbocycles. The minimum absolute atomic E-state index is 0.00959. The average molecular weight is 216 g/mol. The number of ether oxygens (including phenoxy) is 1. The van der Waals surface area contributed by atoms with Crippen molar-refractivity contribution in [3.8, 4) is 5.75 Å². The van der Waals surface area contributed by atoms with E-state index in [0.717, 1.165) is 11.3 Å². The number of aliphatic hydroxyl groups excluding tert-OH is 1. The molecule has 0 amide bonds. The quantitative estimate of drug-likeness (QED) is 0.777. The van der Waals surface area contributed by atoms with Gasteiger partial charge < -0.3 is 9.84 Å². The molecule has 4 heteroatoms. The lowest BCUT2D eigenvalue weighted by Gasteiger charge is -2.15. The number of nitrogens with zero attached hydrogens (tertiary/aromatic N) is 1. The lowest BCUT2D eigenvalue weighted by molar-refractivity contribution is 0.126. The summed E-state index contributed by atoms with van der Waals surface area (Å²) in [6, 6.07) is 5.44. The van der Waals surface area contributed by atoms with Crippen LogP contribution in [0.15, 0.2) is 18.2 Å². The Labute approximate surface area is 88.9 Å². The Morgan fingerprint density at radius 1 is 1.50 bits per heavy atom. The molecule has 0 aromatic heterocycles. The molecule has 0 unspecified atom stereocenters. The van der Waals surface area contributed by atoms with Gasteiger partial charge in [0.1, 0.15) is 5.75 Å². The predicted octanol–water partition coefficient (Wildman–Crippen LogP) is 1.73. The standard InChI is InChI=1S/C10H14ClNO2/c1-12(7-13)6-8-5-9(11)3-4-10(8)14-2/h3-5,13H,6-7H2,1-2H3. The normalized spacial score (nSPS) is 10.6. The fourth-order valence-corrected chi connectivity index (χ4v) is 1.41. The van der Waals surface area contributed by atoms with Crippen LogP contribution in [0.5, 0.6) is 5.75 Å². The van der Waals surface area contributed by atoms with Crippen molar-refractivity contribution in [2.24, 2.45) is 0 Å². The van der Waals surface area contributed by atoms with Crippen LogP contribution >= 0.6 is 11.6 Å². The van der Waals surface area contributed by atoms with Crippen LogP contribution in [0.3, 0.4) is 0 Å². The van der Waals surface area contributed by atoms with Crippen molar-refractivity contribution >= 4 is 11.6 Å². The van der Waals surface area contributed by atoms with Gasteiger partial charge in [0.2, 0.25) is 0 Å². The van der Waals surface area contributed by atoms with E-state index in [1.165, 1.54) is 0 Å². The first kappa shape index (κ1) is 11.3. The third kappa shape index (κ3) is 2.87. The third-order valence-corrected chi connectivity index (χ3v) is 2.16. The summed E-state index contributed by atoms with van der Waals surface area (Å²) in [6.45, 7) is 0.621. The molecule has 0 bridgehead atoms. The summed E-state index contributed by atoms with van der Waals surface area (Å²) < 4.78 is 5.18. The molecule has 78 valence electrons. The summed E-state index contributed by atoms with van der Waals surface area (Å²) in [6.07, 6.45) is 0. The summed E-state index contributed by atoms with van der Waals surface area (Å²) >= 11 is 5.86. The lowest BCUT2D eigenvalue weighted by atomic mass is 10.2. The number of methoxy groups -OCH3 is 1. The van der Waals surface area contributed by atoms with Crippen molar-refractivity contribution in [3.05, 3.63) is 28.8 Å². The molecule has 1 aromatic rings. The van der Waals surface area contributed by atoms with Crippen molar-refractivity contribution in [2.45, 2.75) is 6.54 Å². The first-order valence-corrected chi connectivity index (χ1v) is 4.67. The summed E-state index contributed by atoms with van der Waals surface area (Å²) in [5.41, 5.74) is 0.969. The predicted molar refractivity (Wildman–Crippen MR) is 56.6 cm³/mol. The summed E-state index contributed by atoms with van der Waals surface area (Å²) in [5, 5.41) is 9.55. The molecule has 0 spiro atoms. The zero-order valence-electron chi connectivity index (χ0n) is 8.33. The Morgan fingerprint density at radius 3 is 2.79 bits per heavy atom. The minimum atomic E-state index is 0.00959. The monoisotopic (exact) mass is 215 g/mol. The summed E-state index contributed by atoms with van der Waals surface area (Å²) in [5.74, 6) is 0.787. The van der Waals surface area contributed by atoms with E-state index < -0.39 is 0 Å². The Hall–Kier alpha value is -0.770. The molecular weight excluding hydrogens is 202 g/mol. The van der Waals surface area contributed by atoms with Crippen molar-refractivity contribution in [1.82, 2.24) is 4.90 Å². The lowest BCUT2D eigenvalue weighted by Crippen LogP contribution is -2.18. The topological polar surface area (TPSA) is 32.7 Å². The van der Waals surface area contributed by atoms with Crippen LogP contribution in [0.25, 0.3) is 0 Å². The molecule has 0 heterocycles. The molecule has 0 saturated carbocycles. The molecule has 0 saturated heterocycles. The fraction of sp³-hybridized carbons (Fsp3) is 0.400. The zero-order chi connectivity index (χ0) is 10.6. The van der Waals surface area contributed by atoms with E-state index in [1.807, 2.05) is 19.2 Å². The second-order valence-electron chi connectivity index (χ2n) is 3.11. The molecule has 1 N–H and O–H groups in total. The molecule has 0 aliphatic rings.